The number of halogens is 1. The molecule has 0 atom stereocenters. The lowest BCUT2D eigenvalue weighted by Gasteiger charge is -2.04. The Morgan fingerprint density at radius 2 is 2.05 bits per heavy atom. The lowest BCUT2D eigenvalue weighted by atomic mass is 10.1. The predicted molar refractivity (Wildman–Crippen MR) is 81.3 cm³/mol. The molecular formula is C16H10FNO2S. The van der Waals surface area contributed by atoms with Crippen molar-refractivity contribution in [3.63, 3.8) is 0 Å². The molecule has 104 valence electrons. The zero-order valence-corrected chi connectivity index (χ0v) is 11.7. The standard InChI is InChI=1S/C16H10FNO2S/c17-12-7-8-14(11(10-12)4-3-9-19)18-16(20)13-5-1-2-6-15(13)21-18/h1-2,5-8,10,19H,9H2. The maximum Gasteiger partial charge on any atom is 0.273 e. The molecule has 0 saturated heterocycles. The molecule has 0 spiro atoms. The van der Waals surface area contributed by atoms with Crippen molar-refractivity contribution >= 4 is 21.6 Å². The van der Waals surface area contributed by atoms with Crippen molar-refractivity contribution in [1.29, 1.82) is 0 Å². The van der Waals surface area contributed by atoms with Crippen LogP contribution >= 0.6 is 11.5 Å². The van der Waals surface area contributed by atoms with Crippen molar-refractivity contribution in [2.24, 2.45) is 0 Å². The van der Waals surface area contributed by atoms with Crippen LogP contribution < -0.4 is 5.56 Å². The highest BCUT2D eigenvalue weighted by Crippen LogP contribution is 2.22. The summed E-state index contributed by atoms with van der Waals surface area (Å²) in [6.45, 7) is -0.322. The van der Waals surface area contributed by atoms with Gasteiger partial charge in [-0.2, -0.15) is 0 Å². The summed E-state index contributed by atoms with van der Waals surface area (Å²) < 4.78 is 15.7. The van der Waals surface area contributed by atoms with E-state index in [0.29, 0.717) is 16.6 Å². The summed E-state index contributed by atoms with van der Waals surface area (Å²) in [7, 11) is 0. The Hall–Kier alpha value is -2.42. The van der Waals surface area contributed by atoms with E-state index in [9.17, 15) is 9.18 Å². The molecule has 21 heavy (non-hydrogen) atoms. The topological polar surface area (TPSA) is 42.2 Å². The SMILES string of the molecule is O=c1c2ccccc2sn1-c1ccc(F)cc1C#CCO. The molecule has 0 bridgehead atoms. The smallest absolute Gasteiger partial charge is 0.273 e. The van der Waals surface area contributed by atoms with Crippen molar-refractivity contribution in [2.45, 2.75) is 0 Å². The van der Waals surface area contributed by atoms with Crippen molar-refractivity contribution in [1.82, 2.24) is 3.96 Å². The summed E-state index contributed by atoms with van der Waals surface area (Å²) in [6.07, 6.45) is 0. The molecule has 0 amide bonds. The third-order valence-corrected chi connectivity index (χ3v) is 4.07. The average Bonchev–Trinajstić information content (AvgIpc) is 2.83. The fourth-order valence-corrected chi connectivity index (χ4v) is 3.08. The second kappa shape index (κ2) is 5.52. The molecule has 0 saturated carbocycles. The average molecular weight is 299 g/mol. The lowest BCUT2D eigenvalue weighted by molar-refractivity contribution is 0.350. The molecule has 0 aliphatic heterocycles. The molecule has 1 heterocycles. The first-order chi connectivity index (χ1) is 10.2. The summed E-state index contributed by atoms with van der Waals surface area (Å²) in [6, 6.07) is 11.4. The lowest BCUT2D eigenvalue weighted by Crippen LogP contribution is -2.12. The normalized spacial score (nSPS) is 10.4. The van der Waals surface area contributed by atoms with E-state index in [-0.39, 0.29) is 12.2 Å². The van der Waals surface area contributed by atoms with Crippen LogP contribution in [-0.4, -0.2) is 15.7 Å². The molecular weight excluding hydrogens is 289 g/mol. The number of aliphatic hydroxyl groups is 1. The molecule has 3 aromatic rings. The molecule has 0 unspecified atom stereocenters. The number of rotatable bonds is 1. The maximum absolute atomic E-state index is 13.4. The van der Waals surface area contributed by atoms with E-state index in [1.807, 2.05) is 12.1 Å². The van der Waals surface area contributed by atoms with Crippen LogP contribution in [0.25, 0.3) is 15.8 Å². The van der Waals surface area contributed by atoms with Crippen LogP contribution in [0, 0.1) is 17.7 Å². The molecule has 0 radical (unpaired) electrons. The number of aromatic nitrogens is 1. The van der Waals surface area contributed by atoms with Gasteiger partial charge < -0.3 is 5.11 Å². The quantitative estimate of drug-likeness (QED) is 0.702. The molecule has 1 aromatic heterocycles. The van der Waals surface area contributed by atoms with Crippen LogP contribution in [0.3, 0.4) is 0 Å². The Labute approximate surface area is 124 Å². The van der Waals surface area contributed by atoms with Crippen LogP contribution in [0.2, 0.25) is 0 Å². The fourth-order valence-electron chi connectivity index (χ4n) is 2.05. The van der Waals surface area contributed by atoms with Gasteiger partial charge in [-0.05, 0) is 30.3 Å². The van der Waals surface area contributed by atoms with E-state index < -0.39 is 5.82 Å². The molecule has 0 fully saturated rings. The number of hydrogen-bond acceptors (Lipinski definition) is 3. The molecule has 1 N–H and O–H groups in total. The highest BCUT2D eigenvalue weighted by molar-refractivity contribution is 7.14. The van der Waals surface area contributed by atoms with Gasteiger partial charge in [-0.1, -0.05) is 35.5 Å². The van der Waals surface area contributed by atoms with E-state index >= 15 is 0 Å². The largest absolute Gasteiger partial charge is 0.384 e. The van der Waals surface area contributed by atoms with Crippen LogP contribution in [0.15, 0.2) is 47.3 Å². The van der Waals surface area contributed by atoms with Crippen LogP contribution in [-0.2, 0) is 0 Å². The minimum atomic E-state index is -0.435. The van der Waals surface area contributed by atoms with Gasteiger partial charge in [-0.15, -0.1) is 0 Å². The van der Waals surface area contributed by atoms with Crippen molar-refractivity contribution in [3.8, 4) is 17.5 Å². The maximum atomic E-state index is 13.4. The third kappa shape index (κ3) is 2.47. The van der Waals surface area contributed by atoms with Crippen molar-refractivity contribution in [3.05, 3.63) is 64.2 Å². The number of benzene rings is 2. The highest BCUT2D eigenvalue weighted by atomic mass is 32.1. The zero-order valence-electron chi connectivity index (χ0n) is 10.8. The van der Waals surface area contributed by atoms with E-state index in [2.05, 4.69) is 11.8 Å². The summed E-state index contributed by atoms with van der Waals surface area (Å²) >= 11 is 1.28. The first kappa shape index (κ1) is 13.6. The van der Waals surface area contributed by atoms with Gasteiger partial charge in [0.2, 0.25) is 0 Å². The summed E-state index contributed by atoms with van der Waals surface area (Å²) in [5.41, 5.74) is 0.732. The molecule has 3 nitrogen and oxygen atoms in total. The van der Waals surface area contributed by atoms with Gasteiger partial charge in [0.15, 0.2) is 0 Å². The molecule has 0 aliphatic carbocycles. The Morgan fingerprint density at radius 3 is 2.81 bits per heavy atom. The van der Waals surface area contributed by atoms with Gasteiger partial charge in [0.05, 0.1) is 21.3 Å². The summed E-state index contributed by atoms with van der Waals surface area (Å²) in [5.74, 6) is 4.73. The fraction of sp³-hybridized carbons (Fsp3) is 0.0625. The van der Waals surface area contributed by atoms with Gasteiger partial charge in [0, 0.05) is 0 Å². The monoisotopic (exact) mass is 299 g/mol. The van der Waals surface area contributed by atoms with E-state index in [4.69, 9.17) is 5.11 Å². The van der Waals surface area contributed by atoms with Gasteiger partial charge in [-0.3, -0.25) is 4.79 Å². The first-order valence-corrected chi connectivity index (χ1v) is 6.99. The van der Waals surface area contributed by atoms with Gasteiger partial charge in [-0.25, -0.2) is 8.35 Å². The minimum Gasteiger partial charge on any atom is -0.384 e. The number of aliphatic hydroxyl groups excluding tert-OH is 1. The van der Waals surface area contributed by atoms with Gasteiger partial charge in [0.25, 0.3) is 5.56 Å². The molecule has 5 heteroatoms. The van der Waals surface area contributed by atoms with Gasteiger partial charge >= 0.3 is 0 Å². The molecule has 3 rings (SSSR count). The predicted octanol–water partition coefficient (Wildman–Crippen LogP) is 2.54. The van der Waals surface area contributed by atoms with E-state index in [1.54, 1.807) is 12.1 Å². The highest BCUT2D eigenvalue weighted by Gasteiger charge is 2.12. The van der Waals surface area contributed by atoms with E-state index in [1.165, 1.54) is 33.7 Å². The Balaban J connectivity index is 2.28. The van der Waals surface area contributed by atoms with Crippen LogP contribution in [0.5, 0.6) is 0 Å². The second-order valence-electron chi connectivity index (χ2n) is 4.31. The first-order valence-electron chi connectivity index (χ1n) is 6.21. The van der Waals surface area contributed by atoms with E-state index in [0.717, 1.165) is 4.70 Å². The number of nitrogens with zero attached hydrogens (tertiary/aromatic N) is 1. The third-order valence-electron chi connectivity index (χ3n) is 2.97. The summed E-state index contributed by atoms with van der Waals surface area (Å²) in [5, 5.41) is 9.41. The summed E-state index contributed by atoms with van der Waals surface area (Å²) in [4.78, 5) is 12.4. The van der Waals surface area contributed by atoms with Crippen molar-refractivity contribution in [2.75, 3.05) is 6.61 Å². The second-order valence-corrected chi connectivity index (χ2v) is 5.30. The number of hydrogen-bond donors (Lipinski definition) is 1. The minimum absolute atomic E-state index is 0.158. The zero-order chi connectivity index (χ0) is 14.8. The van der Waals surface area contributed by atoms with Crippen LogP contribution in [0.4, 0.5) is 4.39 Å². The Bertz CT molecular complexity index is 931. The Morgan fingerprint density at radius 1 is 1.24 bits per heavy atom. The molecule has 2 aromatic carbocycles. The van der Waals surface area contributed by atoms with Crippen molar-refractivity contribution < 1.29 is 9.50 Å². The Kier molecular flexibility index (Phi) is 3.57. The number of fused-ring (bicyclic) bond motifs is 1. The van der Waals surface area contributed by atoms with Crippen LogP contribution in [0.1, 0.15) is 5.56 Å². The molecule has 0 aliphatic rings. The van der Waals surface area contributed by atoms with Gasteiger partial charge in [0.1, 0.15) is 12.4 Å².